The summed E-state index contributed by atoms with van der Waals surface area (Å²) < 4.78 is 13.9. The molecule has 0 radical (unpaired) electrons. The number of halogens is 1. The Balaban J connectivity index is 1.45. The van der Waals surface area contributed by atoms with Crippen LogP contribution in [0, 0.1) is 34.9 Å². The van der Waals surface area contributed by atoms with E-state index in [1.165, 1.54) is 51.4 Å². The molecule has 3 rings (SSSR count). The van der Waals surface area contributed by atoms with Crippen molar-refractivity contribution in [1.82, 2.24) is 0 Å². The molecule has 2 heteroatoms. The van der Waals surface area contributed by atoms with Crippen molar-refractivity contribution in [2.24, 2.45) is 17.8 Å². The smallest absolute Gasteiger partial charge is 0.141 e. The van der Waals surface area contributed by atoms with Crippen LogP contribution in [0.4, 0.5) is 4.39 Å². The lowest BCUT2D eigenvalue weighted by atomic mass is 9.77. The highest BCUT2D eigenvalue weighted by molar-refractivity contribution is 5.35. The number of nitriles is 1. The van der Waals surface area contributed by atoms with Gasteiger partial charge in [-0.05, 0) is 92.7 Å². The standard InChI is InChI=1S/C24H32FN/c1-2-3-18-4-6-19(7-5-18)8-9-20-10-12-21(13-11-20)22-14-15-23(17-26)24(25)16-22/h8-9,14-16,18-21H,2-7,10-13H2,1H3/b9-8+/t18-,19-,20-,21-. The van der Waals surface area contributed by atoms with Gasteiger partial charge in [-0.3, -0.25) is 0 Å². The van der Waals surface area contributed by atoms with Gasteiger partial charge in [-0.25, -0.2) is 4.39 Å². The molecule has 2 saturated carbocycles. The van der Waals surface area contributed by atoms with E-state index in [1.807, 2.05) is 12.1 Å². The van der Waals surface area contributed by atoms with E-state index in [1.54, 1.807) is 12.1 Å². The number of hydrogen-bond acceptors (Lipinski definition) is 1. The summed E-state index contributed by atoms with van der Waals surface area (Å²) in [5.74, 6) is 2.56. The Kier molecular flexibility index (Phi) is 6.89. The average molecular weight is 354 g/mol. The van der Waals surface area contributed by atoms with Gasteiger partial charge in [0.2, 0.25) is 0 Å². The first-order chi connectivity index (χ1) is 12.7. The molecular formula is C24H32FN. The highest BCUT2D eigenvalue weighted by atomic mass is 19.1. The normalized spacial score (nSPS) is 29.6. The number of rotatable bonds is 5. The van der Waals surface area contributed by atoms with Crippen LogP contribution in [0.2, 0.25) is 0 Å². The van der Waals surface area contributed by atoms with Crippen LogP contribution in [0.1, 0.15) is 88.2 Å². The molecule has 2 aliphatic rings. The minimum Gasteiger partial charge on any atom is -0.206 e. The average Bonchev–Trinajstić information content (AvgIpc) is 2.68. The maximum atomic E-state index is 13.9. The van der Waals surface area contributed by atoms with Crippen LogP contribution >= 0.6 is 0 Å². The lowest BCUT2D eigenvalue weighted by Gasteiger charge is -2.29. The summed E-state index contributed by atoms with van der Waals surface area (Å²) in [7, 11) is 0. The predicted octanol–water partition coefficient (Wildman–Crippen LogP) is 7.13. The van der Waals surface area contributed by atoms with Crippen molar-refractivity contribution >= 4 is 0 Å². The molecule has 2 aliphatic carbocycles. The van der Waals surface area contributed by atoms with Crippen molar-refractivity contribution in [3.05, 3.63) is 47.3 Å². The molecule has 0 N–H and O–H groups in total. The molecule has 1 aromatic carbocycles. The largest absolute Gasteiger partial charge is 0.206 e. The summed E-state index contributed by atoms with van der Waals surface area (Å²) in [5, 5.41) is 8.86. The maximum absolute atomic E-state index is 13.9. The summed E-state index contributed by atoms with van der Waals surface area (Å²) in [4.78, 5) is 0. The molecule has 0 unspecified atom stereocenters. The molecule has 26 heavy (non-hydrogen) atoms. The molecule has 140 valence electrons. The van der Waals surface area contributed by atoms with Crippen LogP contribution in [0.15, 0.2) is 30.4 Å². The van der Waals surface area contributed by atoms with Crippen molar-refractivity contribution in [3.63, 3.8) is 0 Å². The molecule has 0 amide bonds. The summed E-state index contributed by atoms with van der Waals surface area (Å²) >= 11 is 0. The molecule has 0 saturated heterocycles. The van der Waals surface area contributed by atoms with Gasteiger partial charge in [0.05, 0.1) is 5.56 Å². The first kappa shape index (κ1) is 19.2. The fraction of sp³-hybridized carbons (Fsp3) is 0.625. The minimum absolute atomic E-state index is 0.152. The Hall–Kier alpha value is -1.62. The quantitative estimate of drug-likeness (QED) is 0.516. The molecular weight excluding hydrogens is 321 g/mol. The fourth-order valence-corrected chi connectivity index (χ4v) is 4.91. The molecule has 1 aromatic rings. The van der Waals surface area contributed by atoms with Gasteiger partial charge in [-0.15, -0.1) is 0 Å². The van der Waals surface area contributed by atoms with Crippen molar-refractivity contribution in [3.8, 4) is 6.07 Å². The Morgan fingerprint density at radius 3 is 2.15 bits per heavy atom. The van der Waals surface area contributed by atoms with E-state index in [2.05, 4.69) is 19.1 Å². The number of nitrogens with zero attached hydrogens (tertiary/aromatic N) is 1. The zero-order valence-electron chi connectivity index (χ0n) is 16.1. The molecule has 2 fully saturated rings. The van der Waals surface area contributed by atoms with Crippen LogP contribution in [0.5, 0.6) is 0 Å². The van der Waals surface area contributed by atoms with Crippen LogP contribution in [0.3, 0.4) is 0 Å². The second-order valence-electron chi connectivity index (χ2n) is 8.42. The summed E-state index contributed by atoms with van der Waals surface area (Å²) in [6, 6.07) is 7.06. The van der Waals surface area contributed by atoms with E-state index in [-0.39, 0.29) is 11.4 Å². The first-order valence-electron chi connectivity index (χ1n) is 10.6. The SMILES string of the molecule is CCC[C@H]1CC[C@H](/C=C/[C@H]2CC[C@H](c3ccc(C#N)c(F)c3)CC2)CC1. The van der Waals surface area contributed by atoms with E-state index < -0.39 is 0 Å². The molecule has 0 bridgehead atoms. The molecule has 0 heterocycles. The Morgan fingerprint density at radius 2 is 1.62 bits per heavy atom. The van der Waals surface area contributed by atoms with E-state index >= 15 is 0 Å². The fourth-order valence-electron chi connectivity index (χ4n) is 4.91. The van der Waals surface area contributed by atoms with Gasteiger partial charge in [0, 0.05) is 0 Å². The van der Waals surface area contributed by atoms with Gasteiger partial charge in [0.15, 0.2) is 0 Å². The highest BCUT2D eigenvalue weighted by Crippen LogP contribution is 2.38. The lowest BCUT2D eigenvalue weighted by Crippen LogP contribution is -2.14. The van der Waals surface area contributed by atoms with Crippen molar-refractivity contribution < 1.29 is 4.39 Å². The van der Waals surface area contributed by atoms with Gasteiger partial charge in [-0.1, -0.05) is 38.0 Å². The number of benzene rings is 1. The van der Waals surface area contributed by atoms with Gasteiger partial charge in [-0.2, -0.15) is 5.26 Å². The Labute approximate surface area is 158 Å². The molecule has 0 spiro atoms. The third-order valence-corrected chi connectivity index (χ3v) is 6.60. The van der Waals surface area contributed by atoms with E-state index in [0.717, 1.165) is 30.2 Å². The second kappa shape index (κ2) is 9.36. The van der Waals surface area contributed by atoms with Gasteiger partial charge >= 0.3 is 0 Å². The van der Waals surface area contributed by atoms with Crippen LogP contribution < -0.4 is 0 Å². The van der Waals surface area contributed by atoms with Gasteiger partial charge < -0.3 is 0 Å². The van der Waals surface area contributed by atoms with E-state index in [4.69, 9.17) is 5.26 Å². The number of hydrogen-bond donors (Lipinski definition) is 0. The third-order valence-electron chi connectivity index (χ3n) is 6.60. The van der Waals surface area contributed by atoms with Crippen LogP contribution in [-0.4, -0.2) is 0 Å². The maximum Gasteiger partial charge on any atom is 0.141 e. The van der Waals surface area contributed by atoms with Crippen molar-refractivity contribution in [1.29, 1.82) is 5.26 Å². The number of allylic oxidation sites excluding steroid dienone is 2. The molecule has 0 atom stereocenters. The van der Waals surface area contributed by atoms with E-state index in [0.29, 0.717) is 11.8 Å². The Bertz CT molecular complexity index is 641. The monoisotopic (exact) mass is 353 g/mol. The van der Waals surface area contributed by atoms with Crippen molar-refractivity contribution in [2.75, 3.05) is 0 Å². The zero-order valence-corrected chi connectivity index (χ0v) is 16.1. The second-order valence-corrected chi connectivity index (χ2v) is 8.42. The zero-order chi connectivity index (χ0) is 18.4. The summed E-state index contributed by atoms with van der Waals surface area (Å²) in [6.45, 7) is 2.30. The van der Waals surface area contributed by atoms with Crippen molar-refractivity contribution in [2.45, 2.75) is 77.0 Å². The van der Waals surface area contributed by atoms with Crippen LogP contribution in [0.25, 0.3) is 0 Å². The third kappa shape index (κ3) is 4.97. The van der Waals surface area contributed by atoms with Crippen LogP contribution in [-0.2, 0) is 0 Å². The summed E-state index contributed by atoms with van der Waals surface area (Å²) in [5.41, 5.74) is 1.22. The molecule has 0 aromatic heterocycles. The summed E-state index contributed by atoms with van der Waals surface area (Å²) in [6.07, 6.45) is 18.0. The van der Waals surface area contributed by atoms with E-state index in [9.17, 15) is 4.39 Å². The van der Waals surface area contributed by atoms with Gasteiger partial charge in [0.1, 0.15) is 11.9 Å². The minimum atomic E-state index is -0.370. The lowest BCUT2D eigenvalue weighted by molar-refractivity contribution is 0.292. The predicted molar refractivity (Wildman–Crippen MR) is 105 cm³/mol. The molecule has 1 nitrogen and oxygen atoms in total. The topological polar surface area (TPSA) is 23.8 Å². The molecule has 0 aliphatic heterocycles. The first-order valence-corrected chi connectivity index (χ1v) is 10.6. The van der Waals surface area contributed by atoms with Gasteiger partial charge in [0.25, 0.3) is 0 Å². The Morgan fingerprint density at radius 1 is 1.00 bits per heavy atom. The highest BCUT2D eigenvalue weighted by Gasteiger charge is 2.23.